The van der Waals surface area contributed by atoms with E-state index in [-0.39, 0.29) is 30.0 Å². The summed E-state index contributed by atoms with van der Waals surface area (Å²) >= 11 is 7.91. The Balaban J connectivity index is 1.55. The van der Waals surface area contributed by atoms with Crippen LogP contribution in [-0.2, 0) is 9.59 Å². The summed E-state index contributed by atoms with van der Waals surface area (Å²) < 4.78 is 6.12. The first-order valence-electron chi connectivity index (χ1n) is 10.3. The second kappa shape index (κ2) is 10.4. The lowest BCUT2D eigenvalue weighted by Gasteiger charge is -2.29. The molecule has 1 aromatic heterocycles. The second-order valence-electron chi connectivity index (χ2n) is 7.50. The van der Waals surface area contributed by atoms with Crippen LogP contribution in [0.25, 0.3) is 6.08 Å². The van der Waals surface area contributed by atoms with Gasteiger partial charge in [-0.2, -0.15) is 0 Å². The predicted octanol–water partition coefficient (Wildman–Crippen LogP) is 4.60. The van der Waals surface area contributed by atoms with Gasteiger partial charge in [-0.25, -0.2) is 4.98 Å². The molecule has 1 aromatic carbocycles. The third kappa shape index (κ3) is 5.57. The molecule has 0 unspecified atom stereocenters. The van der Waals surface area contributed by atoms with Gasteiger partial charge in [0, 0.05) is 35.3 Å². The van der Waals surface area contributed by atoms with E-state index in [9.17, 15) is 19.7 Å². The average Bonchev–Trinajstić information content (AvgIpc) is 3.40. The van der Waals surface area contributed by atoms with E-state index >= 15 is 0 Å². The molecular weight excluding hydrogens is 484 g/mol. The van der Waals surface area contributed by atoms with Crippen LogP contribution in [0.15, 0.2) is 34.7 Å². The number of carbonyl (C=O) groups excluding carboxylic acids is 2. The molecule has 2 amide bonds. The van der Waals surface area contributed by atoms with Gasteiger partial charge in [0.2, 0.25) is 0 Å². The highest BCUT2D eigenvalue weighted by atomic mass is 32.2. The molecule has 0 atom stereocenters. The van der Waals surface area contributed by atoms with Gasteiger partial charge in [-0.15, -0.1) is 11.3 Å². The zero-order chi connectivity index (χ0) is 23.4. The lowest BCUT2D eigenvalue weighted by molar-refractivity contribution is -0.384. The van der Waals surface area contributed by atoms with Crippen LogP contribution < -0.4 is 10.1 Å². The SMILES string of the molecule is O=C(COc1ccc([N+](=O)[O-])cc1C=C1SC(=S)N(C2CCCCC2)C1=O)Nc1nccs1. The number of hydrogen-bond acceptors (Lipinski definition) is 9. The molecule has 2 fully saturated rings. The fourth-order valence-corrected chi connectivity index (χ4v) is 5.69. The fourth-order valence-electron chi connectivity index (χ4n) is 3.75. The van der Waals surface area contributed by atoms with Crippen molar-refractivity contribution in [1.29, 1.82) is 0 Å². The number of non-ortho nitro benzene ring substituents is 1. The molecule has 1 aliphatic carbocycles. The average molecular weight is 505 g/mol. The third-order valence-electron chi connectivity index (χ3n) is 5.29. The summed E-state index contributed by atoms with van der Waals surface area (Å²) in [6, 6.07) is 4.12. The molecule has 2 aromatic rings. The zero-order valence-electron chi connectivity index (χ0n) is 17.4. The largest absolute Gasteiger partial charge is 0.483 e. The van der Waals surface area contributed by atoms with Gasteiger partial charge < -0.3 is 4.74 Å². The van der Waals surface area contributed by atoms with Gasteiger partial charge in [-0.1, -0.05) is 43.2 Å². The van der Waals surface area contributed by atoms with Crippen molar-refractivity contribution in [2.45, 2.75) is 38.1 Å². The molecule has 172 valence electrons. The zero-order valence-corrected chi connectivity index (χ0v) is 19.8. The number of thiocarbonyl (C=S) groups is 1. The van der Waals surface area contributed by atoms with E-state index in [2.05, 4.69) is 10.3 Å². The van der Waals surface area contributed by atoms with Crippen LogP contribution in [0.4, 0.5) is 10.8 Å². The van der Waals surface area contributed by atoms with E-state index in [1.54, 1.807) is 22.6 Å². The molecule has 0 bridgehead atoms. The highest BCUT2D eigenvalue weighted by Gasteiger charge is 2.37. The first-order valence-corrected chi connectivity index (χ1v) is 12.4. The van der Waals surface area contributed by atoms with Crippen molar-refractivity contribution >= 4 is 68.3 Å². The van der Waals surface area contributed by atoms with E-state index < -0.39 is 10.8 Å². The van der Waals surface area contributed by atoms with Crippen molar-refractivity contribution in [2.75, 3.05) is 11.9 Å². The number of nitro benzene ring substituents is 1. The molecule has 9 nitrogen and oxygen atoms in total. The lowest BCUT2D eigenvalue weighted by Crippen LogP contribution is -2.39. The molecule has 1 saturated carbocycles. The molecule has 2 heterocycles. The molecule has 0 spiro atoms. The van der Waals surface area contributed by atoms with E-state index in [0.717, 1.165) is 32.1 Å². The molecule has 12 heteroatoms. The third-order valence-corrected chi connectivity index (χ3v) is 7.31. The first kappa shape index (κ1) is 23.3. The minimum atomic E-state index is -0.524. The summed E-state index contributed by atoms with van der Waals surface area (Å²) in [7, 11) is 0. The topological polar surface area (TPSA) is 115 Å². The van der Waals surface area contributed by atoms with Gasteiger partial charge in [-0.3, -0.25) is 29.9 Å². The Morgan fingerprint density at radius 3 is 2.85 bits per heavy atom. The Bertz CT molecular complexity index is 1110. The van der Waals surface area contributed by atoms with Crippen LogP contribution in [0.1, 0.15) is 37.7 Å². The molecule has 1 aliphatic heterocycles. The van der Waals surface area contributed by atoms with Gasteiger partial charge in [-0.05, 0) is 25.0 Å². The van der Waals surface area contributed by atoms with Gasteiger partial charge in [0.15, 0.2) is 11.7 Å². The standard InChI is InChI=1S/C21H20N4O5S3/c26-18(23-20-22-8-9-32-20)12-30-16-7-6-15(25(28)29)10-13(16)11-17-19(27)24(21(31)33-17)14-4-2-1-3-5-14/h6-11,14H,1-5,12H2,(H,22,23,26). The van der Waals surface area contributed by atoms with Crippen LogP contribution >= 0.6 is 35.3 Å². The lowest BCUT2D eigenvalue weighted by atomic mass is 9.94. The first-order chi connectivity index (χ1) is 15.9. The van der Waals surface area contributed by atoms with Crippen LogP contribution in [0, 0.1) is 10.1 Å². The number of nitrogens with zero attached hydrogens (tertiary/aromatic N) is 3. The molecule has 1 saturated heterocycles. The predicted molar refractivity (Wildman–Crippen MR) is 131 cm³/mol. The van der Waals surface area contributed by atoms with Crippen LogP contribution in [0.3, 0.4) is 0 Å². The van der Waals surface area contributed by atoms with E-state index in [0.29, 0.717) is 19.9 Å². The van der Waals surface area contributed by atoms with Gasteiger partial charge in [0.05, 0.1) is 9.83 Å². The Hall–Kier alpha value is -2.83. The monoisotopic (exact) mass is 504 g/mol. The summed E-state index contributed by atoms with van der Waals surface area (Å²) in [5.74, 6) is -0.369. The fraction of sp³-hybridized carbons (Fsp3) is 0.333. The minimum absolute atomic E-state index is 0.0903. The minimum Gasteiger partial charge on any atom is -0.483 e. The van der Waals surface area contributed by atoms with Gasteiger partial charge in [0.25, 0.3) is 17.5 Å². The smallest absolute Gasteiger partial charge is 0.270 e. The number of rotatable bonds is 7. The Morgan fingerprint density at radius 1 is 1.36 bits per heavy atom. The second-order valence-corrected chi connectivity index (χ2v) is 10.1. The molecular formula is C21H20N4O5S3. The Kier molecular flexibility index (Phi) is 7.36. The molecule has 2 aliphatic rings. The maximum absolute atomic E-state index is 13.1. The summed E-state index contributed by atoms with van der Waals surface area (Å²) in [4.78, 5) is 42.0. The summed E-state index contributed by atoms with van der Waals surface area (Å²) in [6.07, 6.45) is 8.23. The van der Waals surface area contributed by atoms with Crippen molar-refractivity contribution < 1.29 is 19.2 Å². The van der Waals surface area contributed by atoms with Gasteiger partial charge in [0.1, 0.15) is 10.1 Å². The molecule has 1 N–H and O–H groups in total. The number of ether oxygens (including phenoxy) is 1. The highest BCUT2D eigenvalue weighted by molar-refractivity contribution is 8.26. The number of benzene rings is 1. The Morgan fingerprint density at radius 2 is 2.15 bits per heavy atom. The number of thiazole rings is 1. The number of amides is 2. The highest BCUT2D eigenvalue weighted by Crippen LogP contribution is 2.38. The molecule has 0 radical (unpaired) electrons. The number of anilines is 1. The van der Waals surface area contributed by atoms with Crippen LogP contribution in [0.2, 0.25) is 0 Å². The maximum Gasteiger partial charge on any atom is 0.270 e. The normalized spacial score (nSPS) is 18.1. The van der Waals surface area contributed by atoms with Crippen molar-refractivity contribution in [3.8, 4) is 5.75 Å². The van der Waals surface area contributed by atoms with Crippen LogP contribution in [-0.4, -0.2) is 43.6 Å². The van der Waals surface area contributed by atoms with Crippen molar-refractivity contribution in [1.82, 2.24) is 9.88 Å². The summed E-state index contributed by atoms with van der Waals surface area (Å²) in [6.45, 7) is -0.318. The summed E-state index contributed by atoms with van der Waals surface area (Å²) in [5, 5.41) is 16.1. The number of hydrogen-bond donors (Lipinski definition) is 1. The number of nitrogens with one attached hydrogen (secondary N) is 1. The van der Waals surface area contributed by atoms with E-state index in [1.165, 1.54) is 41.3 Å². The number of aromatic nitrogens is 1. The molecule has 33 heavy (non-hydrogen) atoms. The number of carbonyl (C=O) groups is 2. The molecule has 4 rings (SSSR count). The number of nitro groups is 1. The van der Waals surface area contributed by atoms with E-state index in [1.807, 2.05) is 0 Å². The van der Waals surface area contributed by atoms with Crippen molar-refractivity contribution in [3.63, 3.8) is 0 Å². The Labute approximate surface area is 203 Å². The van der Waals surface area contributed by atoms with Crippen molar-refractivity contribution in [2.24, 2.45) is 0 Å². The van der Waals surface area contributed by atoms with Crippen molar-refractivity contribution in [3.05, 3.63) is 50.4 Å². The van der Waals surface area contributed by atoms with E-state index in [4.69, 9.17) is 17.0 Å². The van der Waals surface area contributed by atoms with Gasteiger partial charge >= 0.3 is 0 Å². The quantitative estimate of drug-likeness (QED) is 0.252. The number of thioether (sulfide) groups is 1. The van der Waals surface area contributed by atoms with Crippen LogP contribution in [0.5, 0.6) is 5.75 Å². The maximum atomic E-state index is 13.1. The summed E-state index contributed by atoms with van der Waals surface area (Å²) in [5.41, 5.74) is 0.180.